The third kappa shape index (κ3) is 4.00. The van der Waals surface area contributed by atoms with Crippen LogP contribution in [-0.2, 0) is 0 Å². The van der Waals surface area contributed by atoms with E-state index in [0.717, 1.165) is 40.0 Å². The third-order valence-corrected chi connectivity index (χ3v) is 6.25. The molecule has 3 aromatic rings. The van der Waals surface area contributed by atoms with Crippen LogP contribution >= 0.6 is 12.2 Å². The minimum Gasteiger partial charge on any atom is -0.478 e. The molecule has 0 saturated carbocycles. The normalized spacial score (nSPS) is 18.3. The first kappa shape index (κ1) is 22.0. The zero-order valence-corrected chi connectivity index (χ0v) is 19.6. The second-order valence-electron chi connectivity index (χ2n) is 8.69. The highest BCUT2D eigenvalue weighted by molar-refractivity contribution is 7.80. The van der Waals surface area contributed by atoms with Crippen LogP contribution in [-0.4, -0.2) is 37.2 Å². The molecule has 1 saturated heterocycles. The zero-order valence-electron chi connectivity index (χ0n) is 18.7. The van der Waals surface area contributed by atoms with Crippen LogP contribution in [0.5, 0.6) is 0 Å². The quantitative estimate of drug-likeness (QED) is 0.527. The number of carbonyl (C=O) groups is 1. The molecule has 0 unspecified atom stereocenters. The number of carboxylic acids is 1. The molecular weight excluding hydrogens is 420 g/mol. The van der Waals surface area contributed by atoms with Gasteiger partial charge in [0.05, 0.1) is 23.3 Å². The summed E-state index contributed by atoms with van der Waals surface area (Å²) in [5, 5.41) is 13.7. The SMILES string of the molecule is Cc1cc([C@H]2[C@H](c3ccccn3)NC(=S)N2CC(C)C)c(C)n1-c1cccc(C(=O)O)c1. The summed E-state index contributed by atoms with van der Waals surface area (Å²) < 4.78 is 2.12. The molecule has 4 rings (SSSR count). The van der Waals surface area contributed by atoms with Gasteiger partial charge in [-0.1, -0.05) is 26.0 Å². The maximum Gasteiger partial charge on any atom is 0.335 e. The molecule has 0 radical (unpaired) electrons. The Morgan fingerprint density at radius 1 is 1.19 bits per heavy atom. The van der Waals surface area contributed by atoms with Crippen molar-refractivity contribution < 1.29 is 9.90 Å². The molecule has 2 aromatic heterocycles. The molecule has 1 aromatic carbocycles. The van der Waals surface area contributed by atoms with Crippen molar-refractivity contribution in [3.05, 3.63) is 82.9 Å². The number of benzene rings is 1. The van der Waals surface area contributed by atoms with Crippen LogP contribution in [0.1, 0.15) is 58.9 Å². The van der Waals surface area contributed by atoms with Gasteiger partial charge in [0.25, 0.3) is 0 Å². The second kappa shape index (κ2) is 8.74. The Morgan fingerprint density at radius 3 is 2.62 bits per heavy atom. The summed E-state index contributed by atoms with van der Waals surface area (Å²) in [6, 6.07) is 15.1. The zero-order chi connectivity index (χ0) is 23.0. The molecule has 7 heteroatoms. The molecule has 166 valence electrons. The van der Waals surface area contributed by atoms with Gasteiger partial charge in [-0.2, -0.15) is 0 Å². The smallest absolute Gasteiger partial charge is 0.335 e. The molecule has 6 nitrogen and oxygen atoms in total. The van der Waals surface area contributed by atoms with Crippen molar-refractivity contribution in [3.8, 4) is 5.69 Å². The van der Waals surface area contributed by atoms with E-state index in [1.54, 1.807) is 18.2 Å². The summed E-state index contributed by atoms with van der Waals surface area (Å²) >= 11 is 5.75. The van der Waals surface area contributed by atoms with Gasteiger partial charge >= 0.3 is 5.97 Å². The number of pyridine rings is 1. The summed E-state index contributed by atoms with van der Waals surface area (Å²) in [6.07, 6.45) is 1.81. The molecule has 1 aliphatic rings. The Morgan fingerprint density at radius 2 is 1.97 bits per heavy atom. The van der Waals surface area contributed by atoms with Crippen molar-refractivity contribution in [2.75, 3.05) is 6.54 Å². The fraction of sp³-hybridized carbons (Fsp3) is 0.320. The molecule has 32 heavy (non-hydrogen) atoms. The van der Waals surface area contributed by atoms with Crippen LogP contribution in [0, 0.1) is 19.8 Å². The van der Waals surface area contributed by atoms with E-state index >= 15 is 0 Å². The molecule has 0 aliphatic carbocycles. The number of hydrogen-bond donors (Lipinski definition) is 2. The number of hydrogen-bond acceptors (Lipinski definition) is 3. The first-order chi connectivity index (χ1) is 15.3. The van der Waals surface area contributed by atoms with E-state index in [1.807, 2.05) is 37.4 Å². The minimum absolute atomic E-state index is 0.0117. The molecule has 1 aliphatic heterocycles. The Balaban J connectivity index is 1.84. The number of nitrogens with zero attached hydrogens (tertiary/aromatic N) is 3. The average Bonchev–Trinajstić information content (AvgIpc) is 3.23. The monoisotopic (exact) mass is 448 g/mol. The highest BCUT2D eigenvalue weighted by Gasteiger charge is 2.41. The Bertz CT molecular complexity index is 1160. The second-order valence-corrected chi connectivity index (χ2v) is 9.08. The Labute approximate surface area is 193 Å². The van der Waals surface area contributed by atoms with Gasteiger partial charge in [-0.15, -0.1) is 0 Å². The van der Waals surface area contributed by atoms with E-state index in [4.69, 9.17) is 12.2 Å². The fourth-order valence-electron chi connectivity index (χ4n) is 4.60. The maximum absolute atomic E-state index is 11.5. The number of rotatable bonds is 6. The lowest BCUT2D eigenvalue weighted by Gasteiger charge is -2.29. The van der Waals surface area contributed by atoms with Crippen molar-refractivity contribution in [1.29, 1.82) is 0 Å². The summed E-state index contributed by atoms with van der Waals surface area (Å²) in [4.78, 5) is 18.4. The van der Waals surface area contributed by atoms with Gasteiger partial charge in [-0.3, -0.25) is 4.98 Å². The molecule has 2 N–H and O–H groups in total. The van der Waals surface area contributed by atoms with Crippen LogP contribution < -0.4 is 5.32 Å². The number of thiocarbonyl (C=S) groups is 1. The fourth-order valence-corrected chi connectivity index (χ4v) is 4.91. The van der Waals surface area contributed by atoms with E-state index in [2.05, 4.69) is 46.6 Å². The van der Waals surface area contributed by atoms with Gasteiger partial charge in [0, 0.05) is 29.8 Å². The molecule has 2 atom stereocenters. The van der Waals surface area contributed by atoms with E-state index in [0.29, 0.717) is 5.92 Å². The molecule has 3 heterocycles. The van der Waals surface area contributed by atoms with Gasteiger partial charge in [0.2, 0.25) is 0 Å². The van der Waals surface area contributed by atoms with Crippen molar-refractivity contribution in [3.63, 3.8) is 0 Å². The van der Waals surface area contributed by atoms with Crippen LogP contribution in [0.15, 0.2) is 54.7 Å². The van der Waals surface area contributed by atoms with Crippen LogP contribution in [0.2, 0.25) is 0 Å². The number of carboxylic acid groups (broad SMARTS) is 1. The lowest BCUT2D eigenvalue weighted by atomic mass is 9.96. The number of aromatic carboxylic acids is 1. The summed E-state index contributed by atoms with van der Waals surface area (Å²) in [7, 11) is 0. The minimum atomic E-state index is -0.932. The summed E-state index contributed by atoms with van der Waals surface area (Å²) in [5.74, 6) is -0.492. The molecule has 1 fully saturated rings. The third-order valence-electron chi connectivity index (χ3n) is 5.90. The van der Waals surface area contributed by atoms with Gasteiger partial charge < -0.3 is 19.9 Å². The number of aryl methyl sites for hydroxylation is 1. The number of nitrogens with one attached hydrogen (secondary N) is 1. The first-order valence-corrected chi connectivity index (χ1v) is 11.2. The maximum atomic E-state index is 11.5. The topological polar surface area (TPSA) is 70.4 Å². The van der Waals surface area contributed by atoms with Crippen LogP contribution in [0.3, 0.4) is 0 Å². The molecule has 0 spiro atoms. The predicted octanol–water partition coefficient (Wildman–Crippen LogP) is 4.82. The Hall–Kier alpha value is -3.19. The lowest BCUT2D eigenvalue weighted by molar-refractivity contribution is 0.0697. The molecule has 0 bridgehead atoms. The first-order valence-electron chi connectivity index (χ1n) is 10.8. The van der Waals surface area contributed by atoms with Crippen LogP contribution in [0.4, 0.5) is 0 Å². The number of aromatic nitrogens is 2. The van der Waals surface area contributed by atoms with Crippen molar-refractivity contribution >= 4 is 23.3 Å². The highest BCUT2D eigenvalue weighted by Crippen LogP contribution is 2.41. The average molecular weight is 449 g/mol. The van der Waals surface area contributed by atoms with Crippen molar-refractivity contribution in [2.45, 2.75) is 39.8 Å². The molecule has 0 amide bonds. The Kier molecular flexibility index (Phi) is 6.02. The highest BCUT2D eigenvalue weighted by atomic mass is 32.1. The van der Waals surface area contributed by atoms with E-state index in [-0.39, 0.29) is 17.6 Å². The standard InChI is InChI=1S/C25H28N4O2S/c1-15(2)14-28-23(22(27-25(28)32)21-10-5-6-11-26-21)20-12-16(3)29(17(20)4)19-9-7-8-18(13-19)24(30)31/h5-13,15,22-23H,14H2,1-4H3,(H,27,32)(H,30,31)/t22-,23-/m0/s1. The van der Waals surface area contributed by atoms with Gasteiger partial charge in [-0.25, -0.2) is 4.79 Å². The van der Waals surface area contributed by atoms with E-state index < -0.39 is 5.97 Å². The van der Waals surface area contributed by atoms with Crippen LogP contribution in [0.25, 0.3) is 5.69 Å². The van der Waals surface area contributed by atoms with E-state index in [1.165, 1.54) is 0 Å². The van der Waals surface area contributed by atoms with Gasteiger partial charge in [-0.05, 0) is 73.9 Å². The lowest BCUT2D eigenvalue weighted by Crippen LogP contribution is -2.33. The van der Waals surface area contributed by atoms with E-state index in [9.17, 15) is 9.90 Å². The summed E-state index contributed by atoms with van der Waals surface area (Å²) in [6.45, 7) is 9.34. The largest absolute Gasteiger partial charge is 0.478 e. The summed E-state index contributed by atoms with van der Waals surface area (Å²) in [5.41, 5.74) is 5.33. The predicted molar refractivity (Wildman–Crippen MR) is 129 cm³/mol. The van der Waals surface area contributed by atoms with Crippen molar-refractivity contribution in [1.82, 2.24) is 19.8 Å². The van der Waals surface area contributed by atoms with Gasteiger partial charge in [0.1, 0.15) is 0 Å². The van der Waals surface area contributed by atoms with Gasteiger partial charge in [0.15, 0.2) is 5.11 Å². The van der Waals surface area contributed by atoms with Crippen molar-refractivity contribution in [2.24, 2.45) is 5.92 Å². The molecular formula is C25H28N4O2S.